The number of hydrogen-bond donors (Lipinski definition) is 2. The van der Waals surface area contributed by atoms with Crippen molar-refractivity contribution in [3.8, 4) is 0 Å². The molecule has 5 heteroatoms. The number of hydrogen-bond acceptors (Lipinski definition) is 3. The van der Waals surface area contributed by atoms with Gasteiger partial charge in [0.05, 0.1) is 10.6 Å². The Morgan fingerprint density at radius 3 is 2.89 bits per heavy atom. The molecule has 0 spiro atoms. The first-order valence-electron chi connectivity index (χ1n) is 6.79. The van der Waals surface area contributed by atoms with E-state index in [0.717, 1.165) is 18.9 Å². The van der Waals surface area contributed by atoms with Crippen molar-refractivity contribution >= 4 is 23.4 Å². The smallest absolute Gasteiger partial charge is 0.337 e. The molecule has 4 nitrogen and oxygen atoms in total. The Bertz CT molecular complexity index is 445. The van der Waals surface area contributed by atoms with Gasteiger partial charge in [-0.2, -0.15) is 0 Å². The lowest BCUT2D eigenvalue weighted by Crippen LogP contribution is -2.07. The molecule has 104 valence electrons. The maximum Gasteiger partial charge on any atom is 0.337 e. The van der Waals surface area contributed by atoms with Gasteiger partial charge in [0.1, 0.15) is 5.82 Å². The van der Waals surface area contributed by atoms with E-state index in [2.05, 4.69) is 10.3 Å². The summed E-state index contributed by atoms with van der Waals surface area (Å²) in [4.78, 5) is 15.0. The van der Waals surface area contributed by atoms with Crippen molar-refractivity contribution in [2.45, 2.75) is 38.5 Å². The molecule has 0 amide bonds. The van der Waals surface area contributed by atoms with Crippen LogP contribution in [0.15, 0.2) is 12.3 Å². The van der Waals surface area contributed by atoms with Crippen LogP contribution in [0.2, 0.25) is 5.02 Å². The van der Waals surface area contributed by atoms with Crippen LogP contribution < -0.4 is 5.32 Å². The SMILES string of the molecule is O=C(O)c1cc(NCCCC2CCCC2)ncc1Cl. The summed E-state index contributed by atoms with van der Waals surface area (Å²) in [5.74, 6) is 0.434. The van der Waals surface area contributed by atoms with Crippen LogP contribution in [0.25, 0.3) is 0 Å². The van der Waals surface area contributed by atoms with Crippen molar-refractivity contribution in [3.05, 3.63) is 22.8 Å². The molecule has 0 atom stereocenters. The predicted molar refractivity (Wildman–Crippen MR) is 75.9 cm³/mol. The standard InChI is InChI=1S/C14H19ClN2O2/c15-12-9-17-13(8-11(12)14(18)19)16-7-3-6-10-4-1-2-5-10/h8-10H,1-7H2,(H,16,17)(H,18,19). The minimum absolute atomic E-state index is 0.0926. The van der Waals surface area contributed by atoms with Crippen LogP contribution in [0.1, 0.15) is 48.9 Å². The van der Waals surface area contributed by atoms with E-state index >= 15 is 0 Å². The zero-order valence-electron chi connectivity index (χ0n) is 10.9. The molecule has 1 aliphatic rings. The summed E-state index contributed by atoms with van der Waals surface area (Å²) in [7, 11) is 0. The molecule has 0 unspecified atom stereocenters. The minimum Gasteiger partial charge on any atom is -0.478 e. The molecule has 1 heterocycles. The monoisotopic (exact) mass is 282 g/mol. The third-order valence-corrected chi connectivity index (χ3v) is 3.96. The molecule has 0 radical (unpaired) electrons. The van der Waals surface area contributed by atoms with Crippen LogP contribution in [0.4, 0.5) is 5.82 Å². The van der Waals surface area contributed by atoms with Crippen molar-refractivity contribution in [3.63, 3.8) is 0 Å². The summed E-state index contributed by atoms with van der Waals surface area (Å²) in [5, 5.41) is 12.3. The summed E-state index contributed by atoms with van der Waals surface area (Å²) in [6.07, 6.45) is 9.19. The Morgan fingerprint density at radius 2 is 2.21 bits per heavy atom. The molecule has 2 rings (SSSR count). The van der Waals surface area contributed by atoms with Gasteiger partial charge < -0.3 is 10.4 Å². The molecule has 0 aliphatic heterocycles. The van der Waals surface area contributed by atoms with Crippen molar-refractivity contribution in [1.29, 1.82) is 0 Å². The summed E-state index contributed by atoms with van der Waals surface area (Å²) >= 11 is 5.77. The lowest BCUT2D eigenvalue weighted by atomic mass is 10.0. The molecular formula is C14H19ClN2O2. The van der Waals surface area contributed by atoms with E-state index < -0.39 is 5.97 Å². The molecule has 19 heavy (non-hydrogen) atoms. The highest BCUT2D eigenvalue weighted by Crippen LogP contribution is 2.28. The van der Waals surface area contributed by atoms with Crippen LogP contribution in [-0.2, 0) is 0 Å². The van der Waals surface area contributed by atoms with E-state index in [1.165, 1.54) is 44.4 Å². The second kappa shape index (κ2) is 6.75. The number of nitrogens with zero attached hydrogens (tertiary/aromatic N) is 1. The van der Waals surface area contributed by atoms with Gasteiger partial charge in [-0.1, -0.05) is 37.3 Å². The van der Waals surface area contributed by atoms with Gasteiger partial charge in [-0.05, 0) is 24.8 Å². The molecule has 1 aromatic heterocycles. The van der Waals surface area contributed by atoms with Crippen molar-refractivity contribution in [1.82, 2.24) is 4.98 Å². The van der Waals surface area contributed by atoms with Gasteiger partial charge in [0, 0.05) is 12.7 Å². The zero-order chi connectivity index (χ0) is 13.7. The predicted octanol–water partition coefficient (Wildman–Crippen LogP) is 3.82. The number of carboxylic acid groups (broad SMARTS) is 1. The first-order valence-corrected chi connectivity index (χ1v) is 7.17. The van der Waals surface area contributed by atoms with E-state index in [-0.39, 0.29) is 10.6 Å². The van der Waals surface area contributed by atoms with Crippen LogP contribution in [-0.4, -0.2) is 22.6 Å². The fourth-order valence-corrected chi connectivity index (χ4v) is 2.79. The van der Waals surface area contributed by atoms with Gasteiger partial charge >= 0.3 is 5.97 Å². The number of aromatic carboxylic acids is 1. The molecular weight excluding hydrogens is 264 g/mol. The van der Waals surface area contributed by atoms with E-state index in [1.807, 2.05) is 0 Å². The Kier molecular flexibility index (Phi) is 5.02. The average Bonchev–Trinajstić information content (AvgIpc) is 2.89. The lowest BCUT2D eigenvalue weighted by molar-refractivity contribution is 0.0697. The molecule has 0 aromatic carbocycles. The van der Waals surface area contributed by atoms with Crippen LogP contribution in [0.3, 0.4) is 0 Å². The Labute approximate surface area is 118 Å². The van der Waals surface area contributed by atoms with Crippen LogP contribution in [0.5, 0.6) is 0 Å². The van der Waals surface area contributed by atoms with Crippen molar-refractivity contribution < 1.29 is 9.90 Å². The molecule has 1 fully saturated rings. The minimum atomic E-state index is -1.03. The van der Waals surface area contributed by atoms with E-state index in [4.69, 9.17) is 16.7 Å². The molecule has 2 N–H and O–H groups in total. The number of carbonyl (C=O) groups is 1. The maximum absolute atomic E-state index is 10.9. The van der Waals surface area contributed by atoms with Crippen LogP contribution in [0, 0.1) is 5.92 Å². The summed E-state index contributed by atoms with van der Waals surface area (Å²) in [5.41, 5.74) is 0.0926. The lowest BCUT2D eigenvalue weighted by Gasteiger charge is -2.10. The number of anilines is 1. The third-order valence-electron chi connectivity index (χ3n) is 3.66. The highest BCUT2D eigenvalue weighted by atomic mass is 35.5. The maximum atomic E-state index is 10.9. The van der Waals surface area contributed by atoms with Crippen LogP contribution >= 0.6 is 11.6 Å². The number of aromatic nitrogens is 1. The number of nitrogens with one attached hydrogen (secondary N) is 1. The fraction of sp³-hybridized carbons (Fsp3) is 0.571. The van der Waals surface area contributed by atoms with Gasteiger partial charge in [0.2, 0.25) is 0 Å². The number of halogens is 1. The molecule has 1 aliphatic carbocycles. The highest BCUT2D eigenvalue weighted by Gasteiger charge is 2.14. The topological polar surface area (TPSA) is 62.2 Å². The quantitative estimate of drug-likeness (QED) is 0.779. The number of pyridine rings is 1. The molecule has 0 bridgehead atoms. The second-order valence-corrected chi connectivity index (χ2v) is 5.48. The Hall–Kier alpha value is -1.29. The van der Waals surface area contributed by atoms with Gasteiger partial charge in [0.25, 0.3) is 0 Å². The van der Waals surface area contributed by atoms with Gasteiger partial charge in [-0.3, -0.25) is 0 Å². The first kappa shape index (κ1) is 14.1. The summed E-state index contributed by atoms with van der Waals surface area (Å²) in [6.45, 7) is 0.824. The average molecular weight is 283 g/mol. The third kappa shape index (κ3) is 4.10. The summed E-state index contributed by atoms with van der Waals surface area (Å²) < 4.78 is 0. The highest BCUT2D eigenvalue weighted by molar-refractivity contribution is 6.33. The molecule has 0 saturated heterocycles. The summed E-state index contributed by atoms with van der Waals surface area (Å²) in [6, 6.07) is 1.49. The Morgan fingerprint density at radius 1 is 1.47 bits per heavy atom. The number of carboxylic acids is 1. The van der Waals surface area contributed by atoms with E-state index in [0.29, 0.717) is 5.82 Å². The Balaban J connectivity index is 1.79. The number of rotatable bonds is 6. The zero-order valence-corrected chi connectivity index (χ0v) is 11.6. The van der Waals surface area contributed by atoms with E-state index in [1.54, 1.807) is 0 Å². The van der Waals surface area contributed by atoms with Crippen molar-refractivity contribution in [2.75, 3.05) is 11.9 Å². The molecule has 1 saturated carbocycles. The normalized spacial score (nSPS) is 15.6. The van der Waals surface area contributed by atoms with Crippen molar-refractivity contribution in [2.24, 2.45) is 5.92 Å². The van der Waals surface area contributed by atoms with Gasteiger partial charge in [-0.25, -0.2) is 9.78 Å². The van der Waals surface area contributed by atoms with E-state index in [9.17, 15) is 4.79 Å². The largest absolute Gasteiger partial charge is 0.478 e. The fourth-order valence-electron chi connectivity index (χ4n) is 2.61. The molecule has 1 aromatic rings. The first-order chi connectivity index (χ1) is 9.16. The second-order valence-electron chi connectivity index (χ2n) is 5.07. The van der Waals surface area contributed by atoms with Gasteiger partial charge in [-0.15, -0.1) is 0 Å². The van der Waals surface area contributed by atoms with Gasteiger partial charge in [0.15, 0.2) is 0 Å².